The van der Waals surface area contributed by atoms with Crippen molar-refractivity contribution in [1.82, 2.24) is 10.3 Å². The summed E-state index contributed by atoms with van der Waals surface area (Å²) in [6.45, 7) is 1.84. The van der Waals surface area contributed by atoms with Crippen LogP contribution in [0, 0.1) is 0 Å². The van der Waals surface area contributed by atoms with Crippen LogP contribution in [-0.4, -0.2) is 17.4 Å². The monoisotopic (exact) mass is 285 g/mol. The van der Waals surface area contributed by atoms with Crippen molar-refractivity contribution >= 4 is 22.4 Å². The summed E-state index contributed by atoms with van der Waals surface area (Å²) in [5, 5.41) is 7.05. The normalized spacial score (nSPS) is 19.7. The molecule has 0 saturated heterocycles. The van der Waals surface area contributed by atoms with Crippen LogP contribution in [0.25, 0.3) is 0 Å². The van der Waals surface area contributed by atoms with E-state index in [9.17, 15) is 4.79 Å². The van der Waals surface area contributed by atoms with Crippen LogP contribution >= 0.6 is 11.3 Å². The fourth-order valence-corrected chi connectivity index (χ4v) is 3.84. The Morgan fingerprint density at radius 3 is 3.15 bits per heavy atom. The summed E-state index contributed by atoms with van der Waals surface area (Å²) in [4.78, 5) is 18.1. The van der Waals surface area contributed by atoms with Gasteiger partial charge in [-0.15, -0.1) is 11.3 Å². The average molecular weight is 285 g/mol. The van der Waals surface area contributed by atoms with Crippen molar-refractivity contribution in [2.24, 2.45) is 0 Å². The van der Waals surface area contributed by atoms with Gasteiger partial charge in [-0.05, 0) is 17.5 Å². The Morgan fingerprint density at radius 1 is 1.40 bits per heavy atom. The minimum atomic E-state index is -0.00902. The average Bonchev–Trinajstić information content (AvgIpc) is 2.82. The molecule has 0 bridgehead atoms. The predicted octanol–water partition coefficient (Wildman–Crippen LogP) is 2.07. The van der Waals surface area contributed by atoms with Crippen molar-refractivity contribution in [3.63, 3.8) is 0 Å². The fraction of sp³-hybridized carbons (Fsp3) is 0.333. The highest BCUT2D eigenvalue weighted by atomic mass is 32.1. The van der Waals surface area contributed by atoms with E-state index in [0.717, 1.165) is 42.3 Å². The third-order valence-corrected chi connectivity index (χ3v) is 5.02. The van der Waals surface area contributed by atoms with Gasteiger partial charge in [0, 0.05) is 24.4 Å². The number of nitrogens with zero attached hydrogens (tertiary/aromatic N) is 1. The van der Waals surface area contributed by atoms with Crippen molar-refractivity contribution < 1.29 is 4.79 Å². The molecule has 20 heavy (non-hydrogen) atoms. The zero-order valence-corrected chi connectivity index (χ0v) is 11.8. The molecular weight excluding hydrogens is 270 g/mol. The van der Waals surface area contributed by atoms with Crippen molar-refractivity contribution in [1.29, 1.82) is 0 Å². The first-order chi connectivity index (χ1) is 9.81. The molecule has 1 aliphatic carbocycles. The summed E-state index contributed by atoms with van der Waals surface area (Å²) in [6, 6.07) is 8.15. The molecule has 0 saturated carbocycles. The molecule has 0 fully saturated rings. The molecule has 1 atom stereocenters. The van der Waals surface area contributed by atoms with Crippen molar-refractivity contribution in [3.05, 3.63) is 46.0 Å². The Hall–Kier alpha value is -1.72. The highest BCUT2D eigenvalue weighted by Gasteiger charge is 2.32. The maximum absolute atomic E-state index is 12.3. The number of hydrogen-bond acceptors (Lipinski definition) is 4. The molecule has 0 spiro atoms. The number of rotatable bonds is 2. The summed E-state index contributed by atoms with van der Waals surface area (Å²) in [5.74, 6) is 0.0630. The summed E-state index contributed by atoms with van der Waals surface area (Å²) >= 11 is 1.59. The molecule has 1 unspecified atom stereocenters. The number of benzene rings is 1. The van der Waals surface area contributed by atoms with Gasteiger partial charge in [-0.1, -0.05) is 24.3 Å². The number of carbonyl (C=O) groups excluding carboxylic acids is 1. The van der Waals surface area contributed by atoms with Crippen LogP contribution < -0.4 is 10.6 Å². The lowest BCUT2D eigenvalue weighted by atomic mass is 9.77. The van der Waals surface area contributed by atoms with Gasteiger partial charge in [0.15, 0.2) is 5.13 Å². The van der Waals surface area contributed by atoms with Crippen LogP contribution in [0.15, 0.2) is 24.3 Å². The number of aromatic nitrogens is 1. The molecule has 2 aliphatic rings. The Labute approximate surface area is 121 Å². The number of amides is 1. The van der Waals surface area contributed by atoms with Crippen LogP contribution in [0.1, 0.15) is 27.6 Å². The van der Waals surface area contributed by atoms with Crippen LogP contribution in [0.4, 0.5) is 5.13 Å². The van der Waals surface area contributed by atoms with E-state index in [1.165, 1.54) is 10.4 Å². The zero-order chi connectivity index (χ0) is 13.5. The second-order valence-electron chi connectivity index (χ2n) is 5.26. The molecule has 4 rings (SSSR count). The molecule has 0 radical (unpaired) electrons. The van der Waals surface area contributed by atoms with Crippen LogP contribution in [0.3, 0.4) is 0 Å². The Balaban J connectivity index is 1.50. The summed E-state index contributed by atoms with van der Waals surface area (Å²) in [6.07, 6.45) is 1.79. The third kappa shape index (κ3) is 1.94. The first-order valence-corrected chi connectivity index (χ1v) is 7.71. The first kappa shape index (κ1) is 12.1. The van der Waals surface area contributed by atoms with Crippen LogP contribution in [0.5, 0.6) is 0 Å². The topological polar surface area (TPSA) is 54.0 Å². The molecule has 2 heterocycles. The SMILES string of the molecule is O=C(Nc1nc2c(s1)CNCC2)C1Cc2ccccc21. The second-order valence-corrected chi connectivity index (χ2v) is 6.34. The van der Waals surface area contributed by atoms with Gasteiger partial charge in [-0.2, -0.15) is 0 Å². The van der Waals surface area contributed by atoms with Gasteiger partial charge < -0.3 is 10.6 Å². The number of nitrogens with one attached hydrogen (secondary N) is 2. The van der Waals surface area contributed by atoms with E-state index in [1.807, 2.05) is 18.2 Å². The Kier molecular flexibility index (Phi) is 2.82. The lowest BCUT2D eigenvalue weighted by Gasteiger charge is -2.28. The van der Waals surface area contributed by atoms with E-state index in [2.05, 4.69) is 21.7 Å². The molecule has 2 N–H and O–H groups in total. The molecule has 1 amide bonds. The van der Waals surface area contributed by atoms with Crippen LogP contribution in [0.2, 0.25) is 0 Å². The lowest BCUT2D eigenvalue weighted by molar-refractivity contribution is -0.118. The van der Waals surface area contributed by atoms with Gasteiger partial charge >= 0.3 is 0 Å². The van der Waals surface area contributed by atoms with E-state index in [-0.39, 0.29) is 11.8 Å². The number of hydrogen-bond donors (Lipinski definition) is 2. The molecule has 1 aliphatic heterocycles. The fourth-order valence-electron chi connectivity index (χ4n) is 2.86. The highest BCUT2D eigenvalue weighted by molar-refractivity contribution is 7.15. The largest absolute Gasteiger partial charge is 0.311 e. The molecule has 5 heteroatoms. The molecule has 1 aromatic carbocycles. The van der Waals surface area contributed by atoms with Gasteiger partial charge in [0.05, 0.1) is 11.6 Å². The number of anilines is 1. The van der Waals surface area contributed by atoms with Gasteiger partial charge in [0.2, 0.25) is 5.91 Å². The lowest BCUT2D eigenvalue weighted by Crippen LogP contribution is -2.30. The predicted molar refractivity (Wildman–Crippen MR) is 79.0 cm³/mol. The quantitative estimate of drug-likeness (QED) is 0.888. The first-order valence-electron chi connectivity index (χ1n) is 6.89. The van der Waals surface area contributed by atoms with Crippen molar-refractivity contribution in [2.75, 3.05) is 11.9 Å². The molecule has 2 aromatic rings. The van der Waals surface area contributed by atoms with Crippen molar-refractivity contribution in [3.8, 4) is 0 Å². The maximum Gasteiger partial charge on any atom is 0.234 e. The van der Waals surface area contributed by atoms with E-state index >= 15 is 0 Å². The molecule has 102 valence electrons. The standard InChI is InChI=1S/C15H15N3OS/c19-14(11-7-9-3-1-2-4-10(9)11)18-15-17-12-5-6-16-8-13(12)20-15/h1-4,11,16H,5-8H2,(H,17,18,19). The van der Waals surface area contributed by atoms with E-state index < -0.39 is 0 Å². The van der Waals surface area contributed by atoms with Gasteiger partial charge in [0.25, 0.3) is 0 Å². The van der Waals surface area contributed by atoms with Crippen molar-refractivity contribution in [2.45, 2.75) is 25.3 Å². The molecule has 4 nitrogen and oxygen atoms in total. The molecular formula is C15H15N3OS. The third-order valence-electron chi connectivity index (χ3n) is 4.00. The summed E-state index contributed by atoms with van der Waals surface area (Å²) < 4.78 is 0. The number of carbonyl (C=O) groups is 1. The summed E-state index contributed by atoms with van der Waals surface area (Å²) in [7, 11) is 0. The van der Waals surface area contributed by atoms with Gasteiger partial charge in [-0.25, -0.2) is 4.98 Å². The minimum Gasteiger partial charge on any atom is -0.311 e. The van der Waals surface area contributed by atoms with Gasteiger partial charge in [0.1, 0.15) is 0 Å². The number of thiazole rings is 1. The second kappa shape index (κ2) is 4.68. The van der Waals surface area contributed by atoms with Gasteiger partial charge in [-0.3, -0.25) is 4.79 Å². The van der Waals surface area contributed by atoms with Crippen LogP contribution in [-0.2, 0) is 24.2 Å². The summed E-state index contributed by atoms with van der Waals surface area (Å²) in [5.41, 5.74) is 3.58. The Bertz CT molecular complexity index is 656. The smallest absolute Gasteiger partial charge is 0.234 e. The maximum atomic E-state index is 12.3. The zero-order valence-electron chi connectivity index (χ0n) is 11.0. The highest BCUT2D eigenvalue weighted by Crippen LogP contribution is 2.36. The van der Waals surface area contributed by atoms with E-state index in [1.54, 1.807) is 11.3 Å². The Morgan fingerprint density at radius 2 is 2.30 bits per heavy atom. The van der Waals surface area contributed by atoms with E-state index in [0.29, 0.717) is 0 Å². The molecule has 1 aromatic heterocycles. The van der Waals surface area contributed by atoms with E-state index in [4.69, 9.17) is 0 Å². The minimum absolute atomic E-state index is 0.00902. The number of fused-ring (bicyclic) bond motifs is 2.